The van der Waals surface area contributed by atoms with Crippen molar-refractivity contribution in [3.05, 3.63) is 59.9 Å². The molecule has 10 heteroatoms. The van der Waals surface area contributed by atoms with Crippen molar-refractivity contribution >= 4 is 40.0 Å². The van der Waals surface area contributed by atoms with E-state index >= 15 is 0 Å². The van der Waals surface area contributed by atoms with Crippen LogP contribution in [0.15, 0.2) is 58.4 Å². The Kier molecular flexibility index (Phi) is 11.2. The lowest BCUT2D eigenvalue weighted by molar-refractivity contribution is 0.223. The molecule has 0 amide bonds. The molecular formula is C21H30FIN4O3S. The van der Waals surface area contributed by atoms with Gasteiger partial charge in [-0.3, -0.25) is 0 Å². The molecule has 0 radical (unpaired) electrons. The topological polar surface area (TPSA) is 83.0 Å². The van der Waals surface area contributed by atoms with Gasteiger partial charge in [0, 0.05) is 26.7 Å². The van der Waals surface area contributed by atoms with Crippen molar-refractivity contribution in [1.29, 1.82) is 0 Å². The van der Waals surface area contributed by atoms with Crippen LogP contribution in [0, 0.1) is 5.82 Å². The zero-order valence-electron chi connectivity index (χ0n) is 18.1. The van der Waals surface area contributed by atoms with Gasteiger partial charge in [0.1, 0.15) is 17.7 Å². The van der Waals surface area contributed by atoms with Crippen LogP contribution in [-0.2, 0) is 16.6 Å². The molecule has 0 aliphatic carbocycles. The maximum atomic E-state index is 13.3. The molecule has 0 aliphatic heterocycles. The fourth-order valence-corrected chi connectivity index (χ4v) is 3.75. The minimum atomic E-state index is -3.56. The average Bonchev–Trinajstić information content (AvgIpc) is 2.70. The van der Waals surface area contributed by atoms with E-state index in [0.717, 1.165) is 0 Å². The zero-order chi connectivity index (χ0) is 22.1. The summed E-state index contributed by atoms with van der Waals surface area (Å²) in [5.74, 6) is 0.632. The van der Waals surface area contributed by atoms with Gasteiger partial charge >= 0.3 is 0 Å². The second-order valence-corrected chi connectivity index (χ2v) is 8.98. The Hall–Kier alpha value is -1.92. The fraction of sp³-hybridized carbons (Fsp3) is 0.381. The molecule has 0 spiro atoms. The van der Waals surface area contributed by atoms with E-state index in [1.807, 2.05) is 13.8 Å². The number of sulfonamides is 1. The Bertz CT molecular complexity index is 971. The summed E-state index contributed by atoms with van der Waals surface area (Å²) in [5, 5.41) is 6.29. The molecule has 2 aromatic carbocycles. The summed E-state index contributed by atoms with van der Waals surface area (Å²) in [7, 11) is -0.557. The van der Waals surface area contributed by atoms with E-state index in [-0.39, 0.29) is 47.3 Å². The SMILES string of the molecule is CCNC(=NCc1ccccc1S(=O)(=O)N(C)C)NCC(C)Oc1cccc(F)c1.I. The molecule has 0 fully saturated rings. The minimum absolute atomic E-state index is 0. The highest BCUT2D eigenvalue weighted by Crippen LogP contribution is 2.19. The summed E-state index contributed by atoms with van der Waals surface area (Å²) in [5.41, 5.74) is 0.604. The lowest BCUT2D eigenvalue weighted by Crippen LogP contribution is -2.41. The molecule has 2 N–H and O–H groups in total. The fourth-order valence-electron chi connectivity index (χ4n) is 2.64. The van der Waals surface area contributed by atoms with Crippen molar-refractivity contribution < 1.29 is 17.5 Å². The van der Waals surface area contributed by atoms with Gasteiger partial charge in [-0.25, -0.2) is 22.1 Å². The maximum absolute atomic E-state index is 13.3. The molecule has 1 atom stereocenters. The van der Waals surface area contributed by atoms with E-state index < -0.39 is 10.0 Å². The molecule has 0 aliphatic rings. The molecular weight excluding hydrogens is 534 g/mol. The monoisotopic (exact) mass is 564 g/mol. The molecule has 0 saturated heterocycles. The molecule has 7 nitrogen and oxygen atoms in total. The highest BCUT2D eigenvalue weighted by atomic mass is 127. The number of hydrogen-bond acceptors (Lipinski definition) is 4. The van der Waals surface area contributed by atoms with Crippen LogP contribution in [0.1, 0.15) is 19.4 Å². The lowest BCUT2D eigenvalue weighted by Gasteiger charge is -2.18. The second kappa shape index (κ2) is 12.8. The third kappa shape index (κ3) is 8.26. The predicted molar refractivity (Wildman–Crippen MR) is 132 cm³/mol. The maximum Gasteiger partial charge on any atom is 0.242 e. The molecule has 2 rings (SSSR count). The van der Waals surface area contributed by atoms with Gasteiger partial charge in [0.25, 0.3) is 0 Å². The highest BCUT2D eigenvalue weighted by molar-refractivity contribution is 14.0. The standard InChI is InChI=1S/C21H29FN4O3S.HI/c1-5-23-21(24-14-16(2)29-19-11-8-10-18(22)13-19)25-15-17-9-6-7-12-20(17)30(27,28)26(3)4;/h6-13,16H,5,14-15H2,1-4H3,(H2,23,24,25);1H. The van der Waals surface area contributed by atoms with Gasteiger partial charge in [-0.1, -0.05) is 24.3 Å². The van der Waals surface area contributed by atoms with Gasteiger partial charge in [-0.15, -0.1) is 24.0 Å². The smallest absolute Gasteiger partial charge is 0.242 e. The van der Waals surface area contributed by atoms with E-state index in [9.17, 15) is 12.8 Å². The molecule has 2 aromatic rings. The first kappa shape index (κ1) is 27.1. The van der Waals surface area contributed by atoms with Crippen LogP contribution in [0.4, 0.5) is 4.39 Å². The number of hydrogen-bond donors (Lipinski definition) is 2. The molecule has 0 bridgehead atoms. The Labute approximate surface area is 201 Å². The van der Waals surface area contributed by atoms with Crippen molar-refractivity contribution in [1.82, 2.24) is 14.9 Å². The number of halogens is 2. The predicted octanol–water partition coefficient (Wildman–Crippen LogP) is 3.22. The number of aliphatic imine (C=N–C) groups is 1. The Balaban J connectivity index is 0.00000480. The van der Waals surface area contributed by atoms with Crippen LogP contribution < -0.4 is 15.4 Å². The first-order valence-corrected chi connectivity index (χ1v) is 11.1. The number of ether oxygens (including phenoxy) is 1. The van der Waals surface area contributed by atoms with Crippen LogP contribution >= 0.6 is 24.0 Å². The summed E-state index contributed by atoms with van der Waals surface area (Å²) < 4.78 is 45.3. The van der Waals surface area contributed by atoms with E-state index in [1.54, 1.807) is 36.4 Å². The van der Waals surface area contributed by atoms with Crippen molar-refractivity contribution in [2.24, 2.45) is 4.99 Å². The van der Waals surface area contributed by atoms with Crippen molar-refractivity contribution in [3.8, 4) is 5.75 Å². The summed E-state index contributed by atoms with van der Waals surface area (Å²) in [6.45, 7) is 5.06. The molecule has 31 heavy (non-hydrogen) atoms. The van der Waals surface area contributed by atoms with Crippen LogP contribution in [0.3, 0.4) is 0 Å². The first-order chi connectivity index (χ1) is 14.2. The van der Waals surface area contributed by atoms with Gasteiger partial charge in [0.2, 0.25) is 10.0 Å². The Morgan fingerprint density at radius 3 is 2.52 bits per heavy atom. The third-order valence-electron chi connectivity index (χ3n) is 4.17. The zero-order valence-corrected chi connectivity index (χ0v) is 21.3. The largest absolute Gasteiger partial charge is 0.489 e. The van der Waals surface area contributed by atoms with E-state index in [2.05, 4.69) is 15.6 Å². The summed E-state index contributed by atoms with van der Waals surface area (Å²) in [4.78, 5) is 4.74. The van der Waals surface area contributed by atoms with E-state index in [0.29, 0.717) is 30.4 Å². The van der Waals surface area contributed by atoms with Crippen LogP contribution in [0.2, 0.25) is 0 Å². The number of rotatable bonds is 9. The number of nitrogens with zero attached hydrogens (tertiary/aromatic N) is 2. The summed E-state index contributed by atoms with van der Waals surface area (Å²) >= 11 is 0. The second-order valence-electron chi connectivity index (χ2n) is 6.86. The lowest BCUT2D eigenvalue weighted by atomic mass is 10.2. The summed E-state index contributed by atoms with van der Waals surface area (Å²) in [6.07, 6.45) is -0.239. The van der Waals surface area contributed by atoms with Gasteiger partial charge in [-0.2, -0.15) is 0 Å². The first-order valence-electron chi connectivity index (χ1n) is 9.69. The molecule has 0 aromatic heterocycles. The van der Waals surface area contributed by atoms with Crippen molar-refractivity contribution in [2.45, 2.75) is 31.4 Å². The number of benzene rings is 2. The van der Waals surface area contributed by atoms with E-state index in [1.165, 1.54) is 30.5 Å². The van der Waals surface area contributed by atoms with Crippen LogP contribution in [-0.4, -0.2) is 52.0 Å². The van der Waals surface area contributed by atoms with Crippen LogP contribution in [0.5, 0.6) is 5.75 Å². The Morgan fingerprint density at radius 1 is 1.16 bits per heavy atom. The van der Waals surface area contributed by atoms with Gasteiger partial charge in [0.05, 0.1) is 18.0 Å². The highest BCUT2D eigenvalue weighted by Gasteiger charge is 2.20. The Morgan fingerprint density at radius 2 is 1.87 bits per heavy atom. The van der Waals surface area contributed by atoms with Gasteiger partial charge in [0.15, 0.2) is 5.96 Å². The van der Waals surface area contributed by atoms with Gasteiger partial charge < -0.3 is 15.4 Å². The minimum Gasteiger partial charge on any atom is -0.489 e. The van der Waals surface area contributed by atoms with Gasteiger partial charge in [-0.05, 0) is 37.6 Å². The van der Waals surface area contributed by atoms with Crippen LogP contribution in [0.25, 0.3) is 0 Å². The summed E-state index contributed by atoms with van der Waals surface area (Å²) in [6, 6.07) is 12.8. The van der Waals surface area contributed by atoms with Crippen molar-refractivity contribution in [2.75, 3.05) is 27.2 Å². The normalized spacial score (nSPS) is 12.8. The molecule has 1 unspecified atom stereocenters. The number of nitrogens with one attached hydrogen (secondary N) is 2. The molecule has 0 heterocycles. The quantitative estimate of drug-likeness (QED) is 0.278. The third-order valence-corrected chi connectivity index (χ3v) is 6.09. The molecule has 172 valence electrons. The number of guanidine groups is 1. The molecule has 0 saturated carbocycles. The van der Waals surface area contributed by atoms with Crippen molar-refractivity contribution in [3.63, 3.8) is 0 Å². The van der Waals surface area contributed by atoms with E-state index in [4.69, 9.17) is 4.74 Å². The average molecular weight is 564 g/mol.